The van der Waals surface area contributed by atoms with E-state index in [1.165, 1.54) is 27.8 Å². The molecular weight excluding hydrogens is 528 g/mol. The Balaban J connectivity index is 1.57. The van der Waals surface area contributed by atoms with Crippen LogP contribution >= 0.6 is 11.3 Å². The standard InChI is InChI=1S/C21H23F2N9O3S2/c1-24-21(4-5-21)28-37(34,35)13-10-14(30-6-8-31(9-7-30)20(33)29(2)3)15-11-25-17(32(15)12-13)19-27-26-18(36-19)16(22)23/h10-12,16,28H,4-9H2,2-3H3. The number of anilines is 1. The predicted octanol–water partition coefficient (Wildman–Crippen LogP) is 2.28. The second-order valence-electron chi connectivity index (χ2n) is 9.04. The lowest BCUT2D eigenvalue weighted by Crippen LogP contribution is -2.51. The Bertz CT molecular complexity index is 1500. The molecule has 0 spiro atoms. The summed E-state index contributed by atoms with van der Waals surface area (Å²) in [6.07, 6.45) is 0.919. The molecule has 0 unspecified atom stereocenters. The number of fused-ring (bicyclic) bond motifs is 1. The first-order valence-corrected chi connectivity index (χ1v) is 13.6. The molecule has 5 rings (SSSR count). The SMILES string of the molecule is [C-]#[N+]C1(NS(=O)(=O)c2cc(N3CCN(C(=O)N(C)C)CC3)c3cnc(-c4nnc(C(F)F)s4)n3c2)CC1. The summed E-state index contributed by atoms with van der Waals surface area (Å²) in [7, 11) is -0.750. The van der Waals surface area contributed by atoms with Gasteiger partial charge in [0.1, 0.15) is 4.90 Å². The van der Waals surface area contributed by atoms with Crippen molar-refractivity contribution in [3.8, 4) is 10.8 Å². The van der Waals surface area contributed by atoms with Crippen LogP contribution in [0.15, 0.2) is 23.4 Å². The highest BCUT2D eigenvalue weighted by atomic mass is 32.2. The van der Waals surface area contributed by atoms with Crippen molar-refractivity contribution in [2.45, 2.75) is 29.8 Å². The number of nitrogens with one attached hydrogen (secondary N) is 1. The van der Waals surface area contributed by atoms with Crippen molar-refractivity contribution < 1.29 is 22.0 Å². The fourth-order valence-corrected chi connectivity index (χ4v) is 6.18. The molecular formula is C21H23F2N9O3S2. The van der Waals surface area contributed by atoms with Crippen LogP contribution in [0.1, 0.15) is 24.3 Å². The van der Waals surface area contributed by atoms with E-state index >= 15 is 0 Å². The molecule has 3 aromatic heterocycles. The summed E-state index contributed by atoms with van der Waals surface area (Å²) >= 11 is 0.675. The minimum Gasteiger partial charge on any atom is -0.366 e. The zero-order valence-electron chi connectivity index (χ0n) is 19.9. The molecule has 12 nitrogen and oxygen atoms in total. The van der Waals surface area contributed by atoms with Crippen molar-refractivity contribution in [3.63, 3.8) is 0 Å². The van der Waals surface area contributed by atoms with Gasteiger partial charge in [-0.2, -0.15) is 0 Å². The number of pyridine rings is 1. The quantitative estimate of drug-likeness (QED) is 0.467. The lowest BCUT2D eigenvalue weighted by Gasteiger charge is -2.37. The van der Waals surface area contributed by atoms with E-state index < -0.39 is 27.1 Å². The van der Waals surface area contributed by atoms with Gasteiger partial charge < -0.3 is 14.7 Å². The lowest BCUT2D eigenvalue weighted by atomic mass is 10.2. The molecule has 1 N–H and O–H groups in total. The Labute approximate surface area is 215 Å². The van der Waals surface area contributed by atoms with Crippen LogP contribution in [0.25, 0.3) is 21.2 Å². The Kier molecular flexibility index (Phi) is 6.24. The number of imidazole rings is 1. The molecule has 196 valence electrons. The fraction of sp³-hybridized carbons (Fsp3) is 0.476. The summed E-state index contributed by atoms with van der Waals surface area (Å²) in [5.41, 5.74) is -0.0544. The Morgan fingerprint density at radius 1 is 1.24 bits per heavy atom. The van der Waals surface area contributed by atoms with E-state index in [1.807, 2.05) is 4.90 Å². The highest BCUT2D eigenvalue weighted by Gasteiger charge is 2.54. The minimum absolute atomic E-state index is 0.102. The summed E-state index contributed by atoms with van der Waals surface area (Å²) in [6, 6.07) is 1.40. The maximum Gasteiger partial charge on any atom is 0.319 e. The first-order chi connectivity index (χ1) is 17.5. The third-order valence-corrected chi connectivity index (χ3v) is 8.68. The molecule has 1 aliphatic carbocycles. The topological polar surface area (TPSA) is 120 Å². The number of hydrogen-bond donors (Lipinski definition) is 1. The Morgan fingerprint density at radius 2 is 1.95 bits per heavy atom. The van der Waals surface area contributed by atoms with Crippen molar-refractivity contribution in [3.05, 3.63) is 34.9 Å². The number of alkyl halides is 2. The molecule has 3 aromatic rings. The van der Waals surface area contributed by atoms with Crippen LogP contribution in [-0.2, 0) is 10.0 Å². The molecule has 0 radical (unpaired) electrons. The highest BCUT2D eigenvalue weighted by molar-refractivity contribution is 7.89. The molecule has 0 aromatic carbocycles. The number of nitrogens with zero attached hydrogens (tertiary/aromatic N) is 8. The summed E-state index contributed by atoms with van der Waals surface area (Å²) in [6.45, 7) is 9.08. The van der Waals surface area contributed by atoms with E-state index in [-0.39, 0.29) is 21.8 Å². The zero-order chi connectivity index (χ0) is 26.5. The van der Waals surface area contributed by atoms with Crippen LogP contribution in [0.5, 0.6) is 0 Å². The van der Waals surface area contributed by atoms with Gasteiger partial charge in [0, 0.05) is 46.5 Å². The highest BCUT2D eigenvalue weighted by Crippen LogP contribution is 2.39. The van der Waals surface area contributed by atoms with E-state index in [4.69, 9.17) is 6.57 Å². The minimum atomic E-state index is -4.10. The van der Waals surface area contributed by atoms with E-state index in [1.54, 1.807) is 19.0 Å². The Hall–Kier alpha value is -3.42. The zero-order valence-corrected chi connectivity index (χ0v) is 21.6. The van der Waals surface area contributed by atoms with Gasteiger partial charge in [0.2, 0.25) is 10.0 Å². The van der Waals surface area contributed by atoms with E-state index in [0.29, 0.717) is 61.6 Å². The number of carbonyl (C=O) groups is 1. The van der Waals surface area contributed by atoms with Crippen molar-refractivity contribution >= 4 is 38.6 Å². The van der Waals surface area contributed by atoms with Gasteiger partial charge in [0.05, 0.1) is 30.2 Å². The van der Waals surface area contributed by atoms with Crippen molar-refractivity contribution in [1.82, 2.24) is 34.1 Å². The first-order valence-electron chi connectivity index (χ1n) is 11.3. The van der Waals surface area contributed by atoms with Crippen LogP contribution in [0.3, 0.4) is 0 Å². The second-order valence-corrected chi connectivity index (χ2v) is 11.7. The van der Waals surface area contributed by atoms with Gasteiger partial charge in [0.25, 0.3) is 12.1 Å². The van der Waals surface area contributed by atoms with Crippen molar-refractivity contribution in [2.75, 3.05) is 45.2 Å². The van der Waals surface area contributed by atoms with Gasteiger partial charge in [-0.25, -0.2) is 33.5 Å². The molecule has 2 aliphatic rings. The molecule has 2 fully saturated rings. The fourth-order valence-electron chi connectivity index (χ4n) is 4.11. The third kappa shape index (κ3) is 4.69. The largest absolute Gasteiger partial charge is 0.366 e. The monoisotopic (exact) mass is 551 g/mol. The molecule has 0 bridgehead atoms. The van der Waals surface area contributed by atoms with Crippen LogP contribution < -0.4 is 9.62 Å². The van der Waals surface area contributed by atoms with Gasteiger partial charge in [-0.1, -0.05) is 11.3 Å². The number of amides is 2. The summed E-state index contributed by atoms with van der Waals surface area (Å²) in [5, 5.41) is 7.00. The molecule has 1 saturated heterocycles. The van der Waals surface area contributed by atoms with Gasteiger partial charge in [0.15, 0.2) is 15.8 Å². The average molecular weight is 552 g/mol. The van der Waals surface area contributed by atoms with Crippen LogP contribution in [0.2, 0.25) is 0 Å². The number of rotatable bonds is 6. The van der Waals surface area contributed by atoms with Crippen molar-refractivity contribution in [1.29, 1.82) is 0 Å². The average Bonchev–Trinajstić information content (AvgIpc) is 3.26. The number of aromatic nitrogens is 4. The molecule has 16 heteroatoms. The number of hydrogen-bond acceptors (Lipinski definition) is 8. The van der Waals surface area contributed by atoms with Crippen LogP contribution in [0.4, 0.5) is 19.3 Å². The number of urea groups is 1. The van der Waals surface area contributed by atoms with Crippen LogP contribution in [-0.4, -0.2) is 89.8 Å². The number of piperazine rings is 1. The molecule has 4 heterocycles. The normalized spacial score (nSPS) is 17.3. The maximum absolute atomic E-state index is 13.3. The maximum atomic E-state index is 13.3. The Morgan fingerprint density at radius 3 is 2.51 bits per heavy atom. The second kappa shape index (κ2) is 9.15. The number of sulfonamides is 1. The molecule has 1 aliphatic heterocycles. The van der Waals surface area contributed by atoms with Gasteiger partial charge >= 0.3 is 6.03 Å². The smallest absolute Gasteiger partial charge is 0.319 e. The molecule has 37 heavy (non-hydrogen) atoms. The predicted molar refractivity (Wildman–Crippen MR) is 131 cm³/mol. The first kappa shape index (κ1) is 25.2. The summed E-state index contributed by atoms with van der Waals surface area (Å²) in [5.74, 6) is 0.172. The van der Waals surface area contributed by atoms with E-state index in [2.05, 4.69) is 24.7 Å². The molecule has 0 atom stereocenters. The van der Waals surface area contributed by atoms with Crippen molar-refractivity contribution in [2.24, 2.45) is 0 Å². The summed E-state index contributed by atoms with van der Waals surface area (Å²) in [4.78, 5) is 25.2. The third-order valence-electron chi connectivity index (χ3n) is 6.26. The van der Waals surface area contributed by atoms with Gasteiger partial charge in [-0.3, -0.25) is 9.25 Å². The van der Waals surface area contributed by atoms with E-state index in [9.17, 15) is 22.0 Å². The van der Waals surface area contributed by atoms with Gasteiger partial charge in [-0.05, 0) is 6.07 Å². The summed E-state index contributed by atoms with van der Waals surface area (Å²) < 4.78 is 56.9. The molecule has 1 saturated carbocycles. The molecule has 2 amide bonds. The van der Waals surface area contributed by atoms with E-state index in [0.717, 1.165) is 0 Å². The number of halogens is 2. The van der Waals surface area contributed by atoms with Crippen LogP contribution in [0, 0.1) is 6.57 Å². The number of carbonyl (C=O) groups excluding carboxylic acids is 1. The van der Waals surface area contributed by atoms with Gasteiger partial charge in [-0.15, -0.1) is 14.9 Å². The lowest BCUT2D eigenvalue weighted by molar-refractivity contribution is 0.150.